The van der Waals surface area contributed by atoms with Crippen LogP contribution in [0.2, 0.25) is 0 Å². The van der Waals surface area contributed by atoms with Crippen LogP contribution < -0.4 is 11.1 Å². The summed E-state index contributed by atoms with van der Waals surface area (Å²) in [6, 6.07) is 7.33. The summed E-state index contributed by atoms with van der Waals surface area (Å²) in [5, 5.41) is 12.5. The van der Waals surface area contributed by atoms with E-state index in [4.69, 9.17) is 5.73 Å². The average Bonchev–Trinajstić information content (AvgIpc) is 3.08. The van der Waals surface area contributed by atoms with Crippen molar-refractivity contribution in [2.75, 3.05) is 11.1 Å². The van der Waals surface area contributed by atoms with Crippen LogP contribution in [0.25, 0.3) is 11.3 Å². The zero-order valence-electron chi connectivity index (χ0n) is 11.0. The predicted molar refractivity (Wildman–Crippen MR) is 79.0 cm³/mol. The lowest BCUT2D eigenvalue weighted by molar-refractivity contribution is 0.101. The monoisotopic (exact) mass is 301 g/mol. The molecule has 0 saturated carbocycles. The van der Waals surface area contributed by atoms with Gasteiger partial charge in [0, 0.05) is 16.6 Å². The maximum atomic E-state index is 11.9. The fraction of sp³-hybridized carbons (Fsp3) is 0.0769. The summed E-state index contributed by atoms with van der Waals surface area (Å²) in [5.41, 5.74) is 7.96. The van der Waals surface area contributed by atoms with Gasteiger partial charge < -0.3 is 11.1 Å². The van der Waals surface area contributed by atoms with Crippen LogP contribution in [0.1, 0.15) is 15.5 Å². The Bertz CT molecular complexity index is 778. The number of thiazole rings is 1. The molecule has 2 heterocycles. The van der Waals surface area contributed by atoms with Gasteiger partial charge >= 0.3 is 0 Å². The van der Waals surface area contributed by atoms with Crippen LogP contribution in [0.3, 0.4) is 0 Å². The normalized spacial score (nSPS) is 10.5. The van der Waals surface area contributed by atoms with Crippen molar-refractivity contribution in [2.24, 2.45) is 0 Å². The number of hydrogen-bond acceptors (Lipinski definition) is 7. The number of carbonyl (C=O) groups excluding carboxylic acids is 1. The van der Waals surface area contributed by atoms with E-state index in [1.165, 1.54) is 0 Å². The van der Waals surface area contributed by atoms with Gasteiger partial charge in [-0.1, -0.05) is 12.1 Å². The van der Waals surface area contributed by atoms with Gasteiger partial charge in [-0.05, 0) is 29.4 Å². The van der Waals surface area contributed by atoms with Crippen LogP contribution in [0.15, 0.2) is 34.3 Å². The van der Waals surface area contributed by atoms with Gasteiger partial charge in [-0.2, -0.15) is 0 Å². The first-order valence-corrected chi connectivity index (χ1v) is 6.93. The van der Waals surface area contributed by atoms with E-state index < -0.39 is 5.91 Å². The lowest BCUT2D eigenvalue weighted by Gasteiger charge is -2.04. The van der Waals surface area contributed by atoms with Crippen LogP contribution in [0.4, 0.5) is 11.5 Å². The van der Waals surface area contributed by atoms with Gasteiger partial charge in [0.15, 0.2) is 0 Å². The highest BCUT2D eigenvalue weighted by Crippen LogP contribution is 2.23. The highest BCUT2D eigenvalue weighted by Gasteiger charge is 2.16. The second-order valence-electron chi connectivity index (χ2n) is 4.28. The Kier molecular flexibility index (Phi) is 3.36. The molecule has 106 valence electrons. The van der Waals surface area contributed by atoms with E-state index in [0.29, 0.717) is 5.69 Å². The zero-order valence-corrected chi connectivity index (χ0v) is 11.8. The number of amides is 1. The molecular formula is C13H11N5O2S. The number of rotatable bonds is 3. The molecule has 0 aliphatic carbocycles. The maximum absolute atomic E-state index is 11.9. The Morgan fingerprint density at radius 1 is 1.29 bits per heavy atom. The number of nitrogens with zero attached hydrogens (tertiary/aromatic N) is 3. The van der Waals surface area contributed by atoms with Crippen molar-refractivity contribution in [1.29, 1.82) is 0 Å². The number of nitrogens with one attached hydrogen (secondary N) is 1. The molecule has 0 spiro atoms. The van der Waals surface area contributed by atoms with Crippen LogP contribution >= 0.6 is 11.3 Å². The molecule has 3 N–H and O–H groups in total. The second kappa shape index (κ2) is 5.33. The molecule has 2 aromatic heterocycles. The van der Waals surface area contributed by atoms with Gasteiger partial charge in [-0.3, -0.25) is 4.79 Å². The van der Waals surface area contributed by atoms with E-state index in [1.807, 2.05) is 24.4 Å². The molecule has 21 heavy (non-hydrogen) atoms. The molecule has 0 aliphatic heterocycles. The minimum atomic E-state index is -0.467. The van der Waals surface area contributed by atoms with Crippen LogP contribution in [0.5, 0.6) is 0 Å². The predicted octanol–water partition coefficient (Wildman–Crippen LogP) is 2.34. The van der Waals surface area contributed by atoms with Crippen LogP contribution in [0, 0.1) is 6.92 Å². The quantitative estimate of drug-likeness (QED) is 0.769. The molecule has 0 bridgehead atoms. The van der Waals surface area contributed by atoms with Crippen LogP contribution in [-0.2, 0) is 0 Å². The Hall–Kier alpha value is -2.74. The number of hydrogen-bond donors (Lipinski definition) is 2. The van der Waals surface area contributed by atoms with Gasteiger partial charge in [0.2, 0.25) is 11.5 Å². The number of anilines is 2. The highest BCUT2D eigenvalue weighted by atomic mass is 32.1. The summed E-state index contributed by atoms with van der Waals surface area (Å²) in [5.74, 6) is -0.506. The molecule has 8 heteroatoms. The molecule has 0 unspecified atom stereocenters. The van der Waals surface area contributed by atoms with E-state index in [1.54, 1.807) is 23.5 Å². The van der Waals surface area contributed by atoms with E-state index >= 15 is 0 Å². The number of aromatic nitrogens is 3. The molecule has 1 aromatic carbocycles. The largest absolute Gasteiger partial charge is 0.379 e. The minimum absolute atomic E-state index is 0.0331. The van der Waals surface area contributed by atoms with Crippen molar-refractivity contribution in [2.45, 2.75) is 6.92 Å². The number of nitrogens with two attached hydrogens (primary N) is 1. The third-order valence-electron chi connectivity index (χ3n) is 2.79. The Morgan fingerprint density at radius 2 is 2.05 bits per heavy atom. The molecule has 1 amide bonds. The minimum Gasteiger partial charge on any atom is -0.379 e. The van der Waals surface area contributed by atoms with Gasteiger partial charge in [0.1, 0.15) is 0 Å². The first-order valence-electron chi connectivity index (χ1n) is 6.05. The zero-order chi connectivity index (χ0) is 14.8. The smallest absolute Gasteiger partial charge is 0.281 e. The number of benzene rings is 1. The Morgan fingerprint density at radius 3 is 2.62 bits per heavy atom. The third kappa shape index (κ3) is 2.75. The fourth-order valence-corrected chi connectivity index (χ4v) is 2.39. The Labute approximate surface area is 123 Å². The molecule has 0 atom stereocenters. The number of carbonyl (C=O) groups is 1. The van der Waals surface area contributed by atoms with Crippen molar-refractivity contribution in [1.82, 2.24) is 15.3 Å². The van der Waals surface area contributed by atoms with Crippen molar-refractivity contribution in [3.8, 4) is 11.3 Å². The standard InChI is InChI=1S/C13H11N5O2S/c1-7-15-10(6-21-7)8-2-4-9(5-3-8)16-13(19)11-12(14)18-20-17-11/h2-6H,1H3,(H2,14,18)(H,16,19). The molecule has 0 radical (unpaired) electrons. The van der Waals surface area contributed by atoms with Crippen molar-refractivity contribution < 1.29 is 9.42 Å². The molecule has 3 rings (SSSR count). The van der Waals surface area contributed by atoms with Crippen LogP contribution in [-0.4, -0.2) is 21.2 Å². The van der Waals surface area contributed by atoms with E-state index in [-0.39, 0.29) is 11.5 Å². The van der Waals surface area contributed by atoms with Gasteiger partial charge in [0.05, 0.1) is 10.7 Å². The summed E-state index contributed by atoms with van der Waals surface area (Å²) < 4.78 is 4.39. The summed E-state index contributed by atoms with van der Waals surface area (Å²) in [4.78, 5) is 16.3. The first kappa shape index (κ1) is 13.3. The van der Waals surface area contributed by atoms with Gasteiger partial charge in [0.25, 0.3) is 5.91 Å². The van der Waals surface area contributed by atoms with E-state index in [0.717, 1.165) is 16.3 Å². The van der Waals surface area contributed by atoms with Gasteiger partial charge in [-0.25, -0.2) is 9.61 Å². The molecule has 0 fully saturated rings. The first-order chi connectivity index (χ1) is 10.1. The topological polar surface area (TPSA) is 107 Å². The van der Waals surface area contributed by atoms with E-state index in [2.05, 4.69) is 25.2 Å². The van der Waals surface area contributed by atoms with Crippen molar-refractivity contribution in [3.63, 3.8) is 0 Å². The van der Waals surface area contributed by atoms with E-state index in [9.17, 15) is 4.79 Å². The highest BCUT2D eigenvalue weighted by molar-refractivity contribution is 7.09. The number of aryl methyl sites for hydroxylation is 1. The maximum Gasteiger partial charge on any atom is 0.281 e. The molecule has 0 aliphatic rings. The molecule has 7 nitrogen and oxygen atoms in total. The fourth-order valence-electron chi connectivity index (χ4n) is 1.76. The summed E-state index contributed by atoms with van der Waals surface area (Å²) in [6.45, 7) is 1.96. The Balaban J connectivity index is 1.76. The molecular weight excluding hydrogens is 290 g/mol. The second-order valence-corrected chi connectivity index (χ2v) is 5.34. The average molecular weight is 301 g/mol. The number of nitrogen functional groups attached to an aromatic ring is 1. The SMILES string of the molecule is Cc1nc(-c2ccc(NC(=O)c3nonc3N)cc2)cs1. The van der Waals surface area contributed by atoms with Crippen molar-refractivity contribution >= 4 is 28.7 Å². The lowest BCUT2D eigenvalue weighted by Crippen LogP contribution is -2.14. The van der Waals surface area contributed by atoms with Crippen molar-refractivity contribution in [3.05, 3.63) is 40.3 Å². The summed E-state index contributed by atoms with van der Waals surface area (Å²) >= 11 is 1.59. The summed E-state index contributed by atoms with van der Waals surface area (Å²) in [6.07, 6.45) is 0. The van der Waals surface area contributed by atoms with Gasteiger partial charge in [-0.15, -0.1) is 11.3 Å². The lowest BCUT2D eigenvalue weighted by atomic mass is 10.1. The third-order valence-corrected chi connectivity index (χ3v) is 3.56. The summed E-state index contributed by atoms with van der Waals surface area (Å²) in [7, 11) is 0. The molecule has 0 saturated heterocycles. The molecule has 3 aromatic rings.